The number of methoxy groups -OCH3 is 1. The van der Waals surface area contributed by atoms with Crippen molar-refractivity contribution in [3.8, 4) is 11.4 Å². The van der Waals surface area contributed by atoms with Crippen molar-refractivity contribution in [2.45, 2.75) is 19.9 Å². The number of aromatic nitrogens is 4. The van der Waals surface area contributed by atoms with Crippen LogP contribution in [0.15, 0.2) is 59.8 Å². The van der Waals surface area contributed by atoms with E-state index >= 15 is 0 Å². The number of imidazole rings is 1. The predicted octanol–water partition coefficient (Wildman–Crippen LogP) is 5.03. The summed E-state index contributed by atoms with van der Waals surface area (Å²) in [5, 5.41) is 7.10. The van der Waals surface area contributed by atoms with Crippen LogP contribution in [-0.2, 0) is 0 Å². The highest BCUT2D eigenvalue weighted by atomic mass is 35.5. The van der Waals surface area contributed by atoms with Crippen LogP contribution in [0.5, 0.6) is 5.75 Å². The van der Waals surface area contributed by atoms with E-state index in [9.17, 15) is 13.6 Å². The van der Waals surface area contributed by atoms with Gasteiger partial charge in [-0.15, -0.1) is 0 Å². The zero-order chi connectivity index (χ0) is 23.7. The summed E-state index contributed by atoms with van der Waals surface area (Å²) >= 11 is 6.15. The Bertz CT molecular complexity index is 1390. The monoisotopic (exact) mass is 471 g/mol. The first kappa shape index (κ1) is 22.5. The number of nitrogens with zero attached hydrogens (tertiary/aromatic N) is 4. The molecule has 0 saturated heterocycles. The largest absolute Gasteiger partial charge is 0.494 e. The highest BCUT2D eigenvalue weighted by Gasteiger charge is 2.19. The summed E-state index contributed by atoms with van der Waals surface area (Å²) in [5.41, 5.74) is 1.92. The van der Waals surface area contributed by atoms with E-state index in [1.807, 2.05) is 23.8 Å². The molecule has 1 atom stereocenters. The van der Waals surface area contributed by atoms with Crippen LogP contribution in [0, 0.1) is 18.6 Å². The van der Waals surface area contributed by atoms with Crippen molar-refractivity contribution < 1.29 is 13.5 Å². The topological polar surface area (TPSA) is 74.0 Å². The van der Waals surface area contributed by atoms with Gasteiger partial charge in [-0.2, -0.15) is 5.10 Å². The van der Waals surface area contributed by atoms with Crippen LogP contribution in [0.3, 0.4) is 0 Å². The highest BCUT2D eigenvalue weighted by Crippen LogP contribution is 2.29. The molecule has 2 aromatic heterocycles. The number of halogens is 3. The van der Waals surface area contributed by atoms with Gasteiger partial charge in [-0.05, 0) is 32.0 Å². The first-order valence-electron chi connectivity index (χ1n) is 9.97. The van der Waals surface area contributed by atoms with Crippen LogP contribution in [0.1, 0.15) is 24.2 Å². The summed E-state index contributed by atoms with van der Waals surface area (Å²) in [6, 6.07) is 9.04. The summed E-state index contributed by atoms with van der Waals surface area (Å²) in [5.74, 6) is -0.930. The number of ether oxygens (including phenoxy) is 1. The molecule has 0 bridgehead atoms. The molecule has 0 fully saturated rings. The number of aryl methyl sites for hydroxylation is 1. The lowest BCUT2D eigenvalue weighted by Crippen LogP contribution is -2.28. The van der Waals surface area contributed by atoms with Gasteiger partial charge in [-0.3, -0.25) is 4.79 Å². The molecular formula is C23H20ClF2N5O2. The van der Waals surface area contributed by atoms with Crippen molar-refractivity contribution >= 4 is 23.0 Å². The Kier molecular flexibility index (Phi) is 6.15. The fraction of sp³-hybridized carbons (Fsp3) is 0.174. The molecule has 0 unspecified atom stereocenters. The first-order chi connectivity index (χ1) is 15.8. The van der Waals surface area contributed by atoms with E-state index in [1.165, 1.54) is 12.1 Å². The molecule has 0 aliphatic heterocycles. The van der Waals surface area contributed by atoms with Gasteiger partial charge in [0.1, 0.15) is 23.1 Å². The second-order valence-electron chi connectivity index (χ2n) is 7.41. The summed E-state index contributed by atoms with van der Waals surface area (Å²) in [6.45, 7) is 3.46. The van der Waals surface area contributed by atoms with Crippen LogP contribution >= 0.6 is 11.6 Å². The molecule has 33 heavy (non-hydrogen) atoms. The molecule has 4 aromatic rings. The minimum absolute atomic E-state index is 0.0314. The van der Waals surface area contributed by atoms with E-state index in [0.29, 0.717) is 11.4 Å². The Morgan fingerprint density at radius 2 is 1.94 bits per heavy atom. The molecule has 2 heterocycles. The first-order valence-corrected chi connectivity index (χ1v) is 10.3. The van der Waals surface area contributed by atoms with Gasteiger partial charge in [0.15, 0.2) is 5.15 Å². The summed E-state index contributed by atoms with van der Waals surface area (Å²) in [7, 11) is 1.54. The summed E-state index contributed by atoms with van der Waals surface area (Å²) in [4.78, 5) is 17.3. The quantitative estimate of drug-likeness (QED) is 0.427. The van der Waals surface area contributed by atoms with Crippen LogP contribution in [0.25, 0.3) is 5.69 Å². The van der Waals surface area contributed by atoms with Crippen LogP contribution in [-0.4, -0.2) is 26.4 Å². The Morgan fingerprint density at radius 1 is 1.15 bits per heavy atom. The number of nitrogens with one attached hydrogen (secondary N) is 1. The molecule has 1 N–H and O–H groups in total. The van der Waals surface area contributed by atoms with Crippen molar-refractivity contribution in [1.82, 2.24) is 19.3 Å². The smallest absolute Gasteiger partial charge is 0.291 e. The van der Waals surface area contributed by atoms with Gasteiger partial charge >= 0.3 is 0 Å². The molecule has 4 rings (SSSR count). The maximum absolute atomic E-state index is 14.3. The molecule has 0 spiro atoms. The minimum Gasteiger partial charge on any atom is -0.494 e. The summed E-state index contributed by atoms with van der Waals surface area (Å²) < 4.78 is 36.0. The normalized spacial score (nSPS) is 11.9. The summed E-state index contributed by atoms with van der Waals surface area (Å²) in [6.07, 6.45) is 3.54. The molecule has 0 aliphatic rings. The zero-order valence-electron chi connectivity index (χ0n) is 18.0. The number of hydrogen-bond acceptors (Lipinski definition) is 5. The van der Waals surface area contributed by atoms with Gasteiger partial charge in [-0.25, -0.2) is 18.4 Å². The lowest BCUT2D eigenvalue weighted by Gasteiger charge is -2.17. The van der Waals surface area contributed by atoms with Crippen molar-refractivity contribution in [3.63, 3.8) is 0 Å². The van der Waals surface area contributed by atoms with Crippen molar-refractivity contribution in [3.05, 3.63) is 93.4 Å². The van der Waals surface area contributed by atoms with E-state index in [4.69, 9.17) is 16.3 Å². The fourth-order valence-corrected chi connectivity index (χ4v) is 3.67. The molecule has 0 aliphatic carbocycles. The van der Waals surface area contributed by atoms with Crippen LogP contribution in [0.4, 0.5) is 20.2 Å². The van der Waals surface area contributed by atoms with Gasteiger partial charge in [-0.1, -0.05) is 17.7 Å². The van der Waals surface area contributed by atoms with E-state index in [0.717, 1.165) is 28.2 Å². The molecule has 170 valence electrons. The van der Waals surface area contributed by atoms with Crippen molar-refractivity contribution in [1.29, 1.82) is 0 Å². The minimum atomic E-state index is -0.821. The second-order valence-corrected chi connectivity index (χ2v) is 7.79. The number of hydrogen-bond donors (Lipinski definition) is 1. The SMILES string of the molecule is COc1cc(Nc2cc(Cl)nn([C@@H](C)c3ccc(F)cc3F)c2=O)ccc1-n1cnc(C)c1. The Labute approximate surface area is 193 Å². The number of anilines is 2. The molecule has 0 radical (unpaired) electrons. The Hall–Kier alpha value is -3.72. The third-order valence-electron chi connectivity index (χ3n) is 5.13. The van der Waals surface area contributed by atoms with E-state index in [-0.39, 0.29) is 16.4 Å². The molecule has 10 heteroatoms. The Balaban J connectivity index is 1.69. The molecule has 0 saturated carbocycles. The molecule has 7 nitrogen and oxygen atoms in total. The molecule has 2 aromatic carbocycles. The average molecular weight is 472 g/mol. The average Bonchev–Trinajstić information content (AvgIpc) is 3.21. The number of benzene rings is 2. The van der Waals surface area contributed by atoms with Crippen LogP contribution in [0.2, 0.25) is 5.15 Å². The van der Waals surface area contributed by atoms with E-state index in [2.05, 4.69) is 15.4 Å². The molecular weight excluding hydrogens is 452 g/mol. The zero-order valence-corrected chi connectivity index (χ0v) is 18.8. The predicted molar refractivity (Wildman–Crippen MR) is 122 cm³/mol. The lowest BCUT2D eigenvalue weighted by molar-refractivity contribution is 0.413. The van der Waals surface area contributed by atoms with Crippen LogP contribution < -0.4 is 15.6 Å². The second kappa shape index (κ2) is 9.03. The van der Waals surface area contributed by atoms with Crippen molar-refractivity contribution in [2.24, 2.45) is 0 Å². The molecule has 0 amide bonds. The van der Waals surface area contributed by atoms with Gasteiger partial charge < -0.3 is 14.6 Å². The Morgan fingerprint density at radius 3 is 2.61 bits per heavy atom. The fourth-order valence-electron chi connectivity index (χ4n) is 3.48. The van der Waals surface area contributed by atoms with E-state index < -0.39 is 23.2 Å². The maximum Gasteiger partial charge on any atom is 0.291 e. The van der Waals surface area contributed by atoms with Gasteiger partial charge in [0.05, 0.1) is 30.9 Å². The van der Waals surface area contributed by atoms with E-state index in [1.54, 1.807) is 32.5 Å². The number of rotatable bonds is 6. The van der Waals surface area contributed by atoms with Crippen molar-refractivity contribution in [2.75, 3.05) is 12.4 Å². The van der Waals surface area contributed by atoms with Gasteiger partial charge in [0.2, 0.25) is 0 Å². The third kappa shape index (κ3) is 4.58. The van der Waals surface area contributed by atoms with Gasteiger partial charge in [0.25, 0.3) is 5.56 Å². The van der Waals surface area contributed by atoms with Gasteiger partial charge in [0, 0.05) is 35.6 Å². The lowest BCUT2D eigenvalue weighted by atomic mass is 10.1. The maximum atomic E-state index is 14.3. The highest BCUT2D eigenvalue weighted by molar-refractivity contribution is 6.29. The standard InChI is InChI=1S/C23H20ClF2N5O2/c1-13-11-30(12-27-13)20-7-5-16(9-21(20)33-3)28-19-10-22(24)29-31(23(19)32)14(2)17-6-4-15(25)8-18(17)26/h4-12,14,28H,1-3H3/t14-/m0/s1. The third-order valence-corrected chi connectivity index (χ3v) is 5.32.